The first kappa shape index (κ1) is 10.1. The van der Waals surface area contributed by atoms with E-state index in [2.05, 4.69) is 4.74 Å². The molecule has 13 heavy (non-hydrogen) atoms. The minimum Gasteiger partial charge on any atom is -0.465 e. The zero-order valence-corrected chi connectivity index (χ0v) is 8.26. The summed E-state index contributed by atoms with van der Waals surface area (Å²) in [5, 5.41) is 0. The van der Waals surface area contributed by atoms with E-state index < -0.39 is 0 Å². The summed E-state index contributed by atoms with van der Waals surface area (Å²) in [4.78, 5) is 12.0. The number of ether oxygens (including phenoxy) is 1. The fraction of sp³-hybridized carbons (Fsp3) is 0.222. The molecule has 0 aromatic heterocycles. The van der Waals surface area contributed by atoms with Gasteiger partial charge in [0.15, 0.2) is 0 Å². The number of benzene rings is 1. The summed E-state index contributed by atoms with van der Waals surface area (Å²) < 4.78 is 9.49. The van der Waals surface area contributed by atoms with Crippen LogP contribution in [0.3, 0.4) is 0 Å². The van der Waals surface area contributed by atoms with Gasteiger partial charge in [-0.3, -0.25) is 0 Å². The third kappa shape index (κ3) is 2.47. The molecule has 0 saturated heterocycles. The number of carbonyl (C=O) groups is 1. The third-order valence-electron chi connectivity index (χ3n) is 1.47. The van der Waals surface area contributed by atoms with Crippen LogP contribution < -0.4 is 0 Å². The molecule has 1 aromatic rings. The summed E-state index contributed by atoms with van der Waals surface area (Å²) >= 11 is 1.14. The average molecular weight is 198 g/mol. The van der Waals surface area contributed by atoms with E-state index in [0.717, 1.165) is 16.9 Å². The van der Waals surface area contributed by atoms with Crippen molar-refractivity contribution in [1.29, 1.82) is 0 Å². The van der Waals surface area contributed by atoms with Crippen molar-refractivity contribution >= 4 is 18.0 Å². The number of esters is 1. The zero-order valence-electron chi connectivity index (χ0n) is 7.44. The molecule has 0 radical (unpaired) electrons. The Morgan fingerprint density at radius 3 is 2.62 bits per heavy atom. The maximum Gasteiger partial charge on any atom is 0.339 e. The van der Waals surface area contributed by atoms with Crippen LogP contribution >= 0.6 is 12.0 Å². The Bertz CT molecular complexity index is 299. The van der Waals surface area contributed by atoms with Gasteiger partial charge in [-0.2, -0.15) is 0 Å². The van der Waals surface area contributed by atoms with Gasteiger partial charge < -0.3 is 8.92 Å². The van der Waals surface area contributed by atoms with Crippen LogP contribution in [0.5, 0.6) is 0 Å². The summed E-state index contributed by atoms with van der Waals surface area (Å²) in [6.45, 7) is 0. The first-order valence-electron chi connectivity index (χ1n) is 3.67. The molecular weight excluding hydrogens is 188 g/mol. The molecule has 0 aliphatic carbocycles. The Labute approximate surface area is 81.2 Å². The molecule has 4 heteroatoms. The molecule has 0 N–H and O–H groups in total. The molecule has 0 bridgehead atoms. The van der Waals surface area contributed by atoms with Crippen LogP contribution in [-0.2, 0) is 8.92 Å². The summed E-state index contributed by atoms with van der Waals surface area (Å²) in [6.07, 6.45) is 0. The molecule has 1 rings (SSSR count). The van der Waals surface area contributed by atoms with Gasteiger partial charge in [0.05, 0.1) is 19.8 Å². The van der Waals surface area contributed by atoms with Crippen LogP contribution in [0.2, 0.25) is 0 Å². The van der Waals surface area contributed by atoms with Gasteiger partial charge in [0.1, 0.15) is 0 Å². The molecule has 0 saturated carbocycles. The van der Waals surface area contributed by atoms with E-state index in [1.54, 1.807) is 25.3 Å². The first-order valence-corrected chi connectivity index (χ1v) is 4.41. The van der Waals surface area contributed by atoms with Crippen molar-refractivity contribution in [2.24, 2.45) is 0 Å². The van der Waals surface area contributed by atoms with Gasteiger partial charge in [-0.25, -0.2) is 4.79 Å². The predicted molar refractivity (Wildman–Crippen MR) is 50.6 cm³/mol. The lowest BCUT2D eigenvalue weighted by Crippen LogP contribution is -2.02. The first-order chi connectivity index (χ1) is 6.29. The zero-order chi connectivity index (χ0) is 9.68. The van der Waals surface area contributed by atoms with Crippen molar-refractivity contribution < 1.29 is 13.7 Å². The Morgan fingerprint density at radius 2 is 2.00 bits per heavy atom. The quantitative estimate of drug-likeness (QED) is 0.550. The maximum atomic E-state index is 11.2. The van der Waals surface area contributed by atoms with Crippen molar-refractivity contribution in [2.45, 2.75) is 4.90 Å². The molecule has 0 spiro atoms. The van der Waals surface area contributed by atoms with Gasteiger partial charge in [-0.1, -0.05) is 12.1 Å². The number of carbonyl (C=O) groups excluding carboxylic acids is 1. The van der Waals surface area contributed by atoms with Crippen LogP contribution in [0.4, 0.5) is 0 Å². The second-order valence-electron chi connectivity index (χ2n) is 2.24. The van der Waals surface area contributed by atoms with Gasteiger partial charge in [-0.05, 0) is 12.1 Å². The molecule has 0 aliphatic rings. The van der Waals surface area contributed by atoms with E-state index in [1.807, 2.05) is 6.07 Å². The van der Waals surface area contributed by atoms with Crippen molar-refractivity contribution in [2.75, 3.05) is 14.2 Å². The largest absolute Gasteiger partial charge is 0.465 e. The lowest BCUT2D eigenvalue weighted by atomic mass is 10.2. The molecule has 3 nitrogen and oxygen atoms in total. The molecule has 70 valence electrons. The molecule has 0 amide bonds. The number of methoxy groups -OCH3 is 1. The molecule has 0 heterocycles. The highest BCUT2D eigenvalue weighted by molar-refractivity contribution is 7.94. The fourth-order valence-electron chi connectivity index (χ4n) is 0.908. The second-order valence-corrected chi connectivity index (χ2v) is 3.18. The monoisotopic (exact) mass is 198 g/mol. The van der Waals surface area contributed by atoms with Crippen LogP contribution in [0.15, 0.2) is 29.2 Å². The molecular formula is C9H10O3S. The van der Waals surface area contributed by atoms with E-state index in [-0.39, 0.29) is 5.97 Å². The van der Waals surface area contributed by atoms with Gasteiger partial charge in [-0.15, -0.1) is 0 Å². The van der Waals surface area contributed by atoms with Crippen LogP contribution in [0.25, 0.3) is 0 Å². The SMILES string of the molecule is COSc1ccccc1C(=O)OC. The van der Waals surface area contributed by atoms with Gasteiger partial charge in [0.25, 0.3) is 0 Å². The standard InChI is InChI=1S/C9H10O3S/c1-11-9(10)7-5-3-4-6-8(7)13-12-2/h3-6H,1-2H3. The second kappa shape index (κ2) is 4.89. The highest BCUT2D eigenvalue weighted by Gasteiger charge is 2.10. The third-order valence-corrected chi connectivity index (χ3v) is 2.17. The highest BCUT2D eigenvalue weighted by Crippen LogP contribution is 2.22. The van der Waals surface area contributed by atoms with Crippen molar-refractivity contribution in [3.63, 3.8) is 0 Å². The van der Waals surface area contributed by atoms with E-state index in [0.29, 0.717) is 5.56 Å². The van der Waals surface area contributed by atoms with Crippen LogP contribution in [0.1, 0.15) is 10.4 Å². The number of hydrogen-bond donors (Lipinski definition) is 0. The summed E-state index contributed by atoms with van der Waals surface area (Å²) in [7, 11) is 2.91. The van der Waals surface area contributed by atoms with E-state index in [9.17, 15) is 4.79 Å². The van der Waals surface area contributed by atoms with Crippen molar-refractivity contribution in [3.05, 3.63) is 29.8 Å². The van der Waals surface area contributed by atoms with Crippen LogP contribution in [-0.4, -0.2) is 20.2 Å². The normalized spacial score (nSPS) is 9.69. The fourth-order valence-corrected chi connectivity index (χ4v) is 1.46. The smallest absolute Gasteiger partial charge is 0.339 e. The molecule has 0 unspecified atom stereocenters. The summed E-state index contributed by atoms with van der Waals surface area (Å²) in [6, 6.07) is 7.13. The Balaban J connectivity index is 2.97. The Kier molecular flexibility index (Phi) is 3.79. The van der Waals surface area contributed by atoms with Gasteiger partial charge >= 0.3 is 5.97 Å². The molecule has 0 atom stereocenters. The average Bonchev–Trinajstić information content (AvgIpc) is 2.18. The minimum absolute atomic E-state index is 0.347. The lowest BCUT2D eigenvalue weighted by Gasteiger charge is -2.04. The van der Waals surface area contributed by atoms with Crippen molar-refractivity contribution in [3.8, 4) is 0 Å². The van der Waals surface area contributed by atoms with E-state index >= 15 is 0 Å². The summed E-state index contributed by atoms with van der Waals surface area (Å²) in [5.41, 5.74) is 0.525. The maximum absolute atomic E-state index is 11.2. The van der Waals surface area contributed by atoms with Crippen molar-refractivity contribution in [1.82, 2.24) is 0 Å². The predicted octanol–water partition coefficient (Wildman–Crippen LogP) is 2.13. The molecule has 0 fully saturated rings. The molecule has 0 aliphatic heterocycles. The number of hydrogen-bond acceptors (Lipinski definition) is 4. The van der Waals surface area contributed by atoms with Gasteiger partial charge in [0.2, 0.25) is 0 Å². The van der Waals surface area contributed by atoms with E-state index in [4.69, 9.17) is 4.18 Å². The highest BCUT2D eigenvalue weighted by atomic mass is 32.2. The minimum atomic E-state index is -0.347. The van der Waals surface area contributed by atoms with Crippen LogP contribution in [0, 0.1) is 0 Å². The topological polar surface area (TPSA) is 35.5 Å². The molecule has 1 aromatic carbocycles. The lowest BCUT2D eigenvalue weighted by molar-refractivity contribution is 0.0596. The van der Waals surface area contributed by atoms with Gasteiger partial charge in [0, 0.05) is 16.9 Å². The Hall–Kier alpha value is -1.00. The van der Waals surface area contributed by atoms with E-state index in [1.165, 1.54) is 7.11 Å². The number of rotatable bonds is 3. The summed E-state index contributed by atoms with van der Waals surface area (Å²) in [5.74, 6) is -0.347. The Morgan fingerprint density at radius 1 is 1.31 bits per heavy atom.